The summed E-state index contributed by atoms with van der Waals surface area (Å²) in [6, 6.07) is 9.66. The Morgan fingerprint density at radius 3 is 2.81 bits per heavy atom. The molecular formula is C18H30N2O. The van der Waals surface area contributed by atoms with E-state index in [1.807, 2.05) is 12.1 Å². The molecule has 0 spiro atoms. The van der Waals surface area contributed by atoms with Gasteiger partial charge in [-0.25, -0.2) is 0 Å². The van der Waals surface area contributed by atoms with Crippen molar-refractivity contribution in [1.82, 2.24) is 10.6 Å². The fourth-order valence-electron chi connectivity index (χ4n) is 3.07. The normalized spacial score (nSPS) is 20.8. The Balaban J connectivity index is 1.64. The van der Waals surface area contributed by atoms with Gasteiger partial charge in [0.25, 0.3) is 0 Å². The Hall–Kier alpha value is -1.06. The molecule has 2 atom stereocenters. The summed E-state index contributed by atoms with van der Waals surface area (Å²) in [6.07, 6.45) is 7.77. The Labute approximate surface area is 129 Å². The first-order valence-electron chi connectivity index (χ1n) is 8.37. The zero-order valence-corrected chi connectivity index (χ0v) is 13.5. The van der Waals surface area contributed by atoms with Gasteiger partial charge in [0.2, 0.25) is 0 Å². The van der Waals surface area contributed by atoms with Crippen molar-refractivity contribution in [1.29, 1.82) is 0 Å². The number of benzene rings is 1. The van der Waals surface area contributed by atoms with Gasteiger partial charge in [-0.15, -0.1) is 0 Å². The summed E-state index contributed by atoms with van der Waals surface area (Å²) in [4.78, 5) is 0. The van der Waals surface area contributed by atoms with Crippen LogP contribution in [0.15, 0.2) is 24.3 Å². The lowest BCUT2D eigenvalue weighted by Gasteiger charge is -2.21. The van der Waals surface area contributed by atoms with Crippen LogP contribution in [0, 0.1) is 0 Å². The van der Waals surface area contributed by atoms with Crippen molar-refractivity contribution < 1.29 is 4.74 Å². The molecule has 0 amide bonds. The highest BCUT2D eigenvalue weighted by atomic mass is 16.5. The van der Waals surface area contributed by atoms with Gasteiger partial charge in [-0.05, 0) is 63.4 Å². The van der Waals surface area contributed by atoms with Crippen LogP contribution >= 0.6 is 0 Å². The largest absolute Gasteiger partial charge is 0.497 e. The van der Waals surface area contributed by atoms with E-state index in [4.69, 9.17) is 4.74 Å². The maximum atomic E-state index is 5.18. The molecular weight excluding hydrogens is 260 g/mol. The number of nitrogens with one attached hydrogen (secondary N) is 2. The second-order valence-corrected chi connectivity index (χ2v) is 6.19. The summed E-state index contributed by atoms with van der Waals surface area (Å²) in [5.74, 6) is 0.930. The Kier molecular flexibility index (Phi) is 7.04. The van der Waals surface area contributed by atoms with Crippen molar-refractivity contribution in [3.63, 3.8) is 0 Å². The lowest BCUT2D eigenvalue weighted by atomic mass is 10.0. The molecule has 0 bridgehead atoms. The van der Waals surface area contributed by atoms with Crippen molar-refractivity contribution in [2.45, 2.75) is 57.5 Å². The van der Waals surface area contributed by atoms with Gasteiger partial charge in [0.15, 0.2) is 0 Å². The van der Waals surface area contributed by atoms with Crippen molar-refractivity contribution in [2.24, 2.45) is 0 Å². The first kappa shape index (κ1) is 16.3. The summed E-state index contributed by atoms with van der Waals surface area (Å²) in [5, 5.41) is 7.34. The lowest BCUT2D eigenvalue weighted by molar-refractivity contribution is 0.404. The fraction of sp³-hybridized carbons (Fsp3) is 0.667. The predicted octanol–water partition coefficient (Wildman–Crippen LogP) is 3.14. The first-order chi connectivity index (χ1) is 10.3. The number of rotatable bonds is 7. The van der Waals surface area contributed by atoms with Crippen molar-refractivity contribution in [3.8, 4) is 5.75 Å². The predicted molar refractivity (Wildman–Crippen MR) is 89.0 cm³/mol. The molecule has 1 fully saturated rings. The maximum Gasteiger partial charge on any atom is 0.118 e. The molecule has 3 nitrogen and oxygen atoms in total. The van der Waals surface area contributed by atoms with Crippen molar-refractivity contribution in [2.75, 3.05) is 20.2 Å². The van der Waals surface area contributed by atoms with Gasteiger partial charge in [0, 0.05) is 12.1 Å². The van der Waals surface area contributed by atoms with Crippen LogP contribution in [0.2, 0.25) is 0 Å². The second-order valence-electron chi connectivity index (χ2n) is 6.19. The molecule has 1 saturated heterocycles. The van der Waals surface area contributed by atoms with Crippen molar-refractivity contribution >= 4 is 0 Å². The third-order valence-corrected chi connectivity index (χ3v) is 4.37. The van der Waals surface area contributed by atoms with E-state index in [0.717, 1.165) is 18.7 Å². The molecule has 1 aromatic rings. The highest BCUT2D eigenvalue weighted by molar-refractivity contribution is 5.27. The zero-order valence-electron chi connectivity index (χ0n) is 13.5. The van der Waals surface area contributed by atoms with Crippen LogP contribution in [-0.4, -0.2) is 32.3 Å². The Morgan fingerprint density at radius 1 is 1.24 bits per heavy atom. The second kappa shape index (κ2) is 9.06. The minimum absolute atomic E-state index is 0.582. The number of hydrogen-bond acceptors (Lipinski definition) is 3. The molecule has 21 heavy (non-hydrogen) atoms. The molecule has 0 aromatic heterocycles. The van der Waals surface area contributed by atoms with E-state index in [2.05, 4.69) is 29.7 Å². The maximum absolute atomic E-state index is 5.18. The van der Waals surface area contributed by atoms with E-state index < -0.39 is 0 Å². The van der Waals surface area contributed by atoms with E-state index in [0.29, 0.717) is 12.1 Å². The summed E-state index contributed by atoms with van der Waals surface area (Å²) in [6.45, 7) is 4.55. The lowest BCUT2D eigenvalue weighted by Crippen LogP contribution is -2.37. The summed E-state index contributed by atoms with van der Waals surface area (Å²) >= 11 is 0. The first-order valence-corrected chi connectivity index (χ1v) is 8.37. The Bertz CT molecular complexity index is 383. The van der Waals surface area contributed by atoms with Gasteiger partial charge in [-0.1, -0.05) is 25.0 Å². The average molecular weight is 290 g/mol. The average Bonchev–Trinajstić information content (AvgIpc) is 2.76. The summed E-state index contributed by atoms with van der Waals surface area (Å²) in [7, 11) is 1.71. The molecule has 1 aliphatic rings. The van der Waals surface area contributed by atoms with Crippen LogP contribution in [0.4, 0.5) is 0 Å². The van der Waals surface area contributed by atoms with Crippen LogP contribution in [0.3, 0.4) is 0 Å². The summed E-state index contributed by atoms with van der Waals surface area (Å²) < 4.78 is 5.18. The molecule has 2 unspecified atom stereocenters. The summed E-state index contributed by atoms with van der Waals surface area (Å²) in [5.41, 5.74) is 1.36. The molecule has 2 N–H and O–H groups in total. The van der Waals surface area contributed by atoms with E-state index in [1.54, 1.807) is 7.11 Å². The molecule has 0 saturated carbocycles. The number of ether oxygens (including phenoxy) is 1. The van der Waals surface area contributed by atoms with Gasteiger partial charge in [0.1, 0.15) is 5.75 Å². The SMILES string of the molecule is COc1ccc(CCNC(C)CC2CCCCCN2)cc1. The van der Waals surface area contributed by atoms with Gasteiger partial charge in [0.05, 0.1) is 7.11 Å². The zero-order chi connectivity index (χ0) is 14.9. The molecule has 118 valence electrons. The third-order valence-electron chi connectivity index (χ3n) is 4.37. The molecule has 1 heterocycles. The minimum Gasteiger partial charge on any atom is -0.497 e. The fourth-order valence-corrected chi connectivity index (χ4v) is 3.07. The van der Waals surface area contributed by atoms with Gasteiger partial charge in [-0.3, -0.25) is 0 Å². The molecule has 0 aliphatic carbocycles. The number of hydrogen-bond donors (Lipinski definition) is 2. The standard InChI is InChI=1S/C18H30N2O/c1-15(14-17-6-4-3-5-12-20-17)19-13-11-16-7-9-18(21-2)10-8-16/h7-10,15,17,19-20H,3-6,11-14H2,1-2H3. The molecule has 0 radical (unpaired) electrons. The highest BCUT2D eigenvalue weighted by Gasteiger charge is 2.14. The van der Waals surface area contributed by atoms with E-state index >= 15 is 0 Å². The minimum atomic E-state index is 0.582. The van der Waals surface area contributed by atoms with Crippen molar-refractivity contribution in [3.05, 3.63) is 29.8 Å². The smallest absolute Gasteiger partial charge is 0.118 e. The van der Waals surface area contributed by atoms with E-state index in [-0.39, 0.29) is 0 Å². The van der Waals surface area contributed by atoms with Gasteiger partial charge >= 0.3 is 0 Å². The van der Waals surface area contributed by atoms with Crippen LogP contribution in [0.5, 0.6) is 5.75 Å². The van der Waals surface area contributed by atoms with E-state index in [1.165, 1.54) is 44.2 Å². The topological polar surface area (TPSA) is 33.3 Å². The monoisotopic (exact) mass is 290 g/mol. The molecule has 1 aliphatic heterocycles. The molecule has 1 aromatic carbocycles. The molecule has 2 rings (SSSR count). The van der Waals surface area contributed by atoms with E-state index in [9.17, 15) is 0 Å². The van der Waals surface area contributed by atoms with Gasteiger partial charge < -0.3 is 15.4 Å². The van der Waals surface area contributed by atoms with Crippen LogP contribution < -0.4 is 15.4 Å². The van der Waals surface area contributed by atoms with Crippen LogP contribution in [0.25, 0.3) is 0 Å². The quantitative estimate of drug-likeness (QED) is 0.809. The molecule has 3 heteroatoms. The Morgan fingerprint density at radius 2 is 2.05 bits per heavy atom. The van der Waals surface area contributed by atoms with Gasteiger partial charge in [-0.2, -0.15) is 0 Å². The third kappa shape index (κ3) is 6.06. The van der Waals surface area contributed by atoms with Crippen LogP contribution in [0.1, 0.15) is 44.6 Å². The number of methoxy groups -OCH3 is 1. The van der Waals surface area contributed by atoms with Crippen LogP contribution in [-0.2, 0) is 6.42 Å². The highest BCUT2D eigenvalue weighted by Crippen LogP contribution is 2.13.